The maximum Gasteiger partial charge on any atom is 0.252 e. The summed E-state index contributed by atoms with van der Waals surface area (Å²) < 4.78 is 28.1. The first kappa shape index (κ1) is 24.2. The molecule has 8 heteroatoms. The van der Waals surface area contributed by atoms with E-state index in [1.54, 1.807) is 6.07 Å². The Balaban J connectivity index is 1.59. The highest BCUT2D eigenvalue weighted by Crippen LogP contribution is 2.25. The minimum atomic E-state index is -3.68. The molecule has 0 aliphatic carbocycles. The number of pyridine rings is 1. The Morgan fingerprint density at radius 1 is 1.03 bits per heavy atom. The van der Waals surface area contributed by atoms with Crippen molar-refractivity contribution in [3.05, 3.63) is 76.1 Å². The van der Waals surface area contributed by atoms with Gasteiger partial charge in [0.1, 0.15) is 0 Å². The van der Waals surface area contributed by atoms with E-state index in [-0.39, 0.29) is 22.4 Å². The molecule has 2 aromatic carbocycles. The lowest BCUT2D eigenvalue weighted by atomic mass is 10.0. The summed E-state index contributed by atoms with van der Waals surface area (Å²) in [5.74, 6) is -0.388. The van der Waals surface area contributed by atoms with Crippen molar-refractivity contribution >= 4 is 26.8 Å². The van der Waals surface area contributed by atoms with Crippen LogP contribution in [0.5, 0.6) is 0 Å². The zero-order chi connectivity index (χ0) is 24.1. The van der Waals surface area contributed by atoms with E-state index in [2.05, 4.69) is 10.3 Å². The molecule has 3 aromatic rings. The van der Waals surface area contributed by atoms with E-state index in [9.17, 15) is 18.0 Å². The molecule has 2 N–H and O–H groups in total. The van der Waals surface area contributed by atoms with Gasteiger partial charge in [0, 0.05) is 36.1 Å². The summed E-state index contributed by atoms with van der Waals surface area (Å²) in [6.07, 6.45) is 5.29. The molecule has 180 valence electrons. The van der Waals surface area contributed by atoms with E-state index >= 15 is 0 Å². The number of nitrogens with one attached hydrogen (secondary N) is 2. The second-order valence-electron chi connectivity index (χ2n) is 8.97. The molecule has 0 bridgehead atoms. The lowest BCUT2D eigenvalue weighted by Gasteiger charge is -2.20. The van der Waals surface area contributed by atoms with Crippen LogP contribution in [0.4, 0.5) is 0 Å². The third kappa shape index (κ3) is 5.56. The first-order valence-corrected chi connectivity index (χ1v) is 13.3. The van der Waals surface area contributed by atoms with E-state index in [4.69, 9.17) is 0 Å². The van der Waals surface area contributed by atoms with Gasteiger partial charge in [-0.3, -0.25) is 9.59 Å². The molecule has 1 atom stereocenters. The monoisotopic (exact) mass is 481 g/mol. The predicted octanol–water partition coefficient (Wildman–Crippen LogP) is 3.84. The van der Waals surface area contributed by atoms with Crippen LogP contribution in [0.2, 0.25) is 0 Å². The topological polar surface area (TPSA) is 99.3 Å². The number of aromatic amines is 1. The highest BCUT2D eigenvalue weighted by molar-refractivity contribution is 7.89. The minimum absolute atomic E-state index is 0.119. The summed E-state index contributed by atoms with van der Waals surface area (Å²) in [6, 6.07) is 15.7. The molecule has 7 nitrogen and oxygen atoms in total. The molecule has 0 spiro atoms. The number of fused-ring (bicyclic) bond motifs is 1. The van der Waals surface area contributed by atoms with Gasteiger partial charge in [0.2, 0.25) is 15.6 Å². The SMILES string of the molecule is C[C@@H](CCc1ccccc1)NC(=O)c1cc(=O)[nH]c2ccc(S(=O)(=O)N3CCCCCC3)cc12. The van der Waals surface area contributed by atoms with Crippen LogP contribution in [0.15, 0.2) is 64.3 Å². The summed E-state index contributed by atoms with van der Waals surface area (Å²) in [5, 5.41) is 3.38. The number of benzene rings is 2. The Morgan fingerprint density at radius 2 is 1.74 bits per heavy atom. The number of H-pyrrole nitrogens is 1. The van der Waals surface area contributed by atoms with Crippen molar-refractivity contribution in [1.82, 2.24) is 14.6 Å². The summed E-state index contributed by atoms with van der Waals surface area (Å²) in [7, 11) is -3.68. The van der Waals surface area contributed by atoms with Crippen LogP contribution in [0.1, 0.15) is 54.9 Å². The van der Waals surface area contributed by atoms with Gasteiger partial charge in [-0.25, -0.2) is 8.42 Å². The summed E-state index contributed by atoms with van der Waals surface area (Å²) in [5.41, 5.74) is 1.40. The molecule has 1 fully saturated rings. The first-order valence-electron chi connectivity index (χ1n) is 11.9. The Labute approximate surface area is 200 Å². The summed E-state index contributed by atoms with van der Waals surface area (Å²) in [4.78, 5) is 28.2. The van der Waals surface area contributed by atoms with Crippen molar-refractivity contribution in [2.24, 2.45) is 0 Å². The number of sulfonamides is 1. The zero-order valence-electron chi connectivity index (χ0n) is 19.4. The molecule has 0 saturated carbocycles. The predicted molar refractivity (Wildman–Crippen MR) is 133 cm³/mol. The third-order valence-corrected chi connectivity index (χ3v) is 8.24. The van der Waals surface area contributed by atoms with Gasteiger partial charge >= 0.3 is 0 Å². The van der Waals surface area contributed by atoms with Crippen molar-refractivity contribution in [1.29, 1.82) is 0 Å². The van der Waals surface area contributed by atoms with E-state index in [0.29, 0.717) is 24.0 Å². The normalized spacial score (nSPS) is 16.1. The van der Waals surface area contributed by atoms with Gasteiger partial charge in [-0.1, -0.05) is 43.2 Å². The van der Waals surface area contributed by atoms with Gasteiger partial charge in [0.05, 0.1) is 10.5 Å². The van der Waals surface area contributed by atoms with Gasteiger partial charge in [0.15, 0.2) is 0 Å². The second kappa shape index (κ2) is 10.5. The molecular formula is C26H31N3O4S. The molecule has 0 radical (unpaired) electrons. The average Bonchev–Trinajstić information content (AvgIpc) is 3.13. The fourth-order valence-electron chi connectivity index (χ4n) is 4.41. The molecule has 1 aliphatic heterocycles. The molecule has 1 amide bonds. The Morgan fingerprint density at radius 3 is 2.44 bits per heavy atom. The first-order chi connectivity index (χ1) is 16.3. The largest absolute Gasteiger partial charge is 0.350 e. The van der Waals surface area contributed by atoms with E-state index in [1.807, 2.05) is 37.3 Å². The second-order valence-corrected chi connectivity index (χ2v) is 10.9. The number of nitrogens with zero attached hydrogens (tertiary/aromatic N) is 1. The summed E-state index contributed by atoms with van der Waals surface area (Å²) in [6.45, 7) is 2.92. The zero-order valence-corrected chi connectivity index (χ0v) is 20.2. The van der Waals surface area contributed by atoms with Crippen LogP contribution in [0.3, 0.4) is 0 Å². The highest BCUT2D eigenvalue weighted by atomic mass is 32.2. The fourth-order valence-corrected chi connectivity index (χ4v) is 5.96. The molecule has 2 heterocycles. The number of hydrogen-bond donors (Lipinski definition) is 2. The molecule has 4 rings (SSSR count). The number of rotatable bonds is 7. The quantitative estimate of drug-likeness (QED) is 0.536. The molecule has 0 unspecified atom stereocenters. The lowest BCUT2D eigenvalue weighted by molar-refractivity contribution is 0.0940. The molecular weight excluding hydrogens is 450 g/mol. The summed E-state index contributed by atoms with van der Waals surface area (Å²) >= 11 is 0. The number of carbonyl (C=O) groups is 1. The van der Waals surface area contributed by atoms with Gasteiger partial charge in [-0.05, 0) is 56.4 Å². The average molecular weight is 482 g/mol. The molecule has 1 saturated heterocycles. The fraction of sp³-hybridized carbons (Fsp3) is 0.385. The van der Waals surface area contributed by atoms with E-state index in [1.165, 1.54) is 28.1 Å². The van der Waals surface area contributed by atoms with Crippen LogP contribution in [0, 0.1) is 0 Å². The van der Waals surface area contributed by atoms with E-state index < -0.39 is 15.6 Å². The molecule has 1 aromatic heterocycles. The van der Waals surface area contributed by atoms with Crippen molar-refractivity contribution in [2.75, 3.05) is 13.1 Å². The van der Waals surface area contributed by atoms with Crippen LogP contribution in [0.25, 0.3) is 10.9 Å². The van der Waals surface area contributed by atoms with Crippen LogP contribution < -0.4 is 10.9 Å². The Kier molecular flexibility index (Phi) is 7.48. The number of aryl methyl sites for hydroxylation is 1. The van der Waals surface area contributed by atoms with Gasteiger partial charge in [-0.2, -0.15) is 4.31 Å². The smallest absolute Gasteiger partial charge is 0.252 e. The third-order valence-electron chi connectivity index (χ3n) is 6.35. The Hall–Kier alpha value is -2.97. The van der Waals surface area contributed by atoms with Crippen molar-refractivity contribution in [3.63, 3.8) is 0 Å². The number of carbonyl (C=O) groups excluding carboxylic acids is 1. The molecule has 1 aliphatic rings. The minimum Gasteiger partial charge on any atom is -0.350 e. The van der Waals surface area contributed by atoms with Crippen molar-refractivity contribution in [3.8, 4) is 0 Å². The van der Waals surface area contributed by atoms with Gasteiger partial charge < -0.3 is 10.3 Å². The Bertz CT molecular complexity index is 1310. The number of aromatic nitrogens is 1. The van der Waals surface area contributed by atoms with E-state index in [0.717, 1.165) is 38.5 Å². The van der Waals surface area contributed by atoms with Crippen LogP contribution >= 0.6 is 0 Å². The maximum absolute atomic E-state index is 13.3. The molecule has 34 heavy (non-hydrogen) atoms. The van der Waals surface area contributed by atoms with Gasteiger partial charge in [-0.15, -0.1) is 0 Å². The maximum atomic E-state index is 13.3. The van der Waals surface area contributed by atoms with Crippen LogP contribution in [-0.2, 0) is 16.4 Å². The standard InChI is InChI=1S/C26H31N3O4S/c1-19(11-12-20-9-5-4-6-10-20)27-26(31)23-18-25(30)28-24-14-13-21(17-22(23)24)34(32,33)29-15-7-2-3-8-16-29/h4-6,9-10,13-14,17-19H,2-3,7-8,11-12,15-16H2,1H3,(H,27,31)(H,28,30)/t19-/m0/s1. The van der Waals surface area contributed by atoms with Crippen molar-refractivity contribution < 1.29 is 13.2 Å². The van der Waals surface area contributed by atoms with Crippen LogP contribution in [-0.4, -0.2) is 42.7 Å². The highest BCUT2D eigenvalue weighted by Gasteiger charge is 2.26. The number of hydrogen-bond acceptors (Lipinski definition) is 4. The van der Waals surface area contributed by atoms with Crippen molar-refractivity contribution in [2.45, 2.75) is 56.4 Å². The van der Waals surface area contributed by atoms with Gasteiger partial charge in [0.25, 0.3) is 5.91 Å². The number of amides is 1. The lowest BCUT2D eigenvalue weighted by Crippen LogP contribution is -2.34.